The molecular formula is C26H31F6N5O3. The maximum absolute atomic E-state index is 14.9. The van der Waals surface area contributed by atoms with E-state index in [0.29, 0.717) is 0 Å². The van der Waals surface area contributed by atoms with Crippen LogP contribution in [0.25, 0.3) is 0 Å². The Morgan fingerprint density at radius 3 is 2.30 bits per heavy atom. The molecule has 1 fully saturated rings. The second-order valence-corrected chi connectivity index (χ2v) is 10.2. The van der Waals surface area contributed by atoms with Crippen LogP contribution in [-0.4, -0.2) is 52.2 Å². The number of hydrogen-bond donors (Lipinski definition) is 3. The van der Waals surface area contributed by atoms with Gasteiger partial charge in [-0.05, 0) is 63.3 Å². The fourth-order valence-electron chi connectivity index (χ4n) is 4.52. The molecule has 3 N–H and O–H groups in total. The Bertz CT molecular complexity index is 1220. The molecule has 0 aliphatic heterocycles. The number of amides is 3. The number of hydrogen-bond acceptors (Lipinski definition) is 4. The molecule has 2 aromatic rings. The lowest BCUT2D eigenvalue weighted by Crippen LogP contribution is -2.50. The number of nitrogens with one attached hydrogen (secondary N) is 3. The highest BCUT2D eigenvalue weighted by Crippen LogP contribution is 2.38. The van der Waals surface area contributed by atoms with Crippen LogP contribution in [0.1, 0.15) is 74.5 Å². The van der Waals surface area contributed by atoms with Crippen LogP contribution in [0.15, 0.2) is 30.5 Å². The molecule has 2 atom stereocenters. The molecule has 1 aromatic carbocycles. The van der Waals surface area contributed by atoms with E-state index in [4.69, 9.17) is 0 Å². The van der Waals surface area contributed by atoms with Gasteiger partial charge in [-0.2, -0.15) is 18.3 Å². The van der Waals surface area contributed by atoms with Gasteiger partial charge in [0.05, 0.1) is 11.6 Å². The summed E-state index contributed by atoms with van der Waals surface area (Å²) in [6, 6.07) is 3.31. The van der Waals surface area contributed by atoms with Gasteiger partial charge < -0.3 is 16.0 Å². The highest BCUT2D eigenvalue weighted by Gasteiger charge is 2.41. The van der Waals surface area contributed by atoms with E-state index in [-0.39, 0.29) is 35.8 Å². The van der Waals surface area contributed by atoms with Crippen LogP contribution in [0.4, 0.5) is 32.0 Å². The van der Waals surface area contributed by atoms with E-state index in [1.807, 2.05) is 0 Å². The highest BCUT2D eigenvalue weighted by atomic mass is 19.4. The minimum atomic E-state index is -4.61. The van der Waals surface area contributed by atoms with Gasteiger partial charge in [0.2, 0.25) is 17.7 Å². The van der Waals surface area contributed by atoms with E-state index in [1.54, 1.807) is 19.2 Å². The molecule has 1 aromatic heterocycles. The van der Waals surface area contributed by atoms with Gasteiger partial charge in [-0.15, -0.1) is 0 Å². The molecule has 1 heterocycles. The van der Waals surface area contributed by atoms with E-state index < -0.39 is 72.9 Å². The van der Waals surface area contributed by atoms with Crippen molar-refractivity contribution in [2.45, 2.75) is 76.6 Å². The summed E-state index contributed by atoms with van der Waals surface area (Å²) in [7, 11) is 0. The Kier molecular flexibility index (Phi) is 9.52. The van der Waals surface area contributed by atoms with Crippen molar-refractivity contribution in [3.63, 3.8) is 0 Å². The Hall–Kier alpha value is -3.58. The van der Waals surface area contributed by atoms with E-state index in [9.17, 15) is 40.7 Å². The summed E-state index contributed by atoms with van der Waals surface area (Å²) in [5.41, 5.74) is -0.0944. The Morgan fingerprint density at radius 2 is 1.73 bits per heavy atom. The number of rotatable bonds is 9. The highest BCUT2D eigenvalue weighted by molar-refractivity contribution is 6.00. The monoisotopic (exact) mass is 575 g/mol. The van der Waals surface area contributed by atoms with Crippen molar-refractivity contribution >= 4 is 23.4 Å². The molecule has 0 bridgehead atoms. The number of aromatic nitrogens is 2. The third-order valence-electron chi connectivity index (χ3n) is 6.80. The first-order valence-electron chi connectivity index (χ1n) is 12.7. The standard InChI is InChI=1S/C26H31F6N5O3/c1-14(2)37-20(8-11-34-37)23(39)36-21(16-6-9-25(28,29)10-7-16)24(40)35-19-5-4-17(12-18(19)27)15(3)22(38)33-13-26(30,31)32/h4-5,8,11-12,14-16,21H,6-7,9-10,13H2,1-3H3,(H,33,38)(H,35,40)(H,36,39)/t15-,21-/m0/s1. The van der Waals surface area contributed by atoms with Gasteiger partial charge in [-0.25, -0.2) is 13.2 Å². The average Bonchev–Trinajstić information content (AvgIpc) is 3.37. The van der Waals surface area contributed by atoms with Gasteiger partial charge >= 0.3 is 6.18 Å². The summed E-state index contributed by atoms with van der Waals surface area (Å²) in [6.45, 7) is 3.35. The maximum atomic E-state index is 14.9. The number of anilines is 1. The van der Waals surface area contributed by atoms with Crippen LogP contribution >= 0.6 is 0 Å². The lowest BCUT2D eigenvalue weighted by atomic mass is 9.81. The minimum Gasteiger partial charge on any atom is -0.346 e. The number of benzene rings is 1. The average molecular weight is 576 g/mol. The van der Waals surface area contributed by atoms with Crippen LogP contribution < -0.4 is 16.0 Å². The first kappa shape index (κ1) is 31.0. The molecule has 220 valence electrons. The zero-order chi connectivity index (χ0) is 29.8. The first-order chi connectivity index (χ1) is 18.6. The van der Waals surface area contributed by atoms with E-state index >= 15 is 0 Å². The molecule has 3 amide bonds. The molecule has 8 nitrogen and oxygen atoms in total. The Labute approximate surface area is 226 Å². The molecular weight excluding hydrogens is 544 g/mol. The Morgan fingerprint density at radius 1 is 1.07 bits per heavy atom. The van der Waals surface area contributed by atoms with E-state index in [1.165, 1.54) is 29.9 Å². The predicted molar refractivity (Wildman–Crippen MR) is 133 cm³/mol. The number of carbonyl (C=O) groups excluding carboxylic acids is 3. The van der Waals surface area contributed by atoms with Crippen LogP contribution in [0, 0.1) is 11.7 Å². The molecule has 0 unspecified atom stereocenters. The number of alkyl halides is 5. The second kappa shape index (κ2) is 12.3. The van der Waals surface area contributed by atoms with Crippen LogP contribution in [0.5, 0.6) is 0 Å². The molecule has 3 rings (SSSR count). The number of carbonyl (C=O) groups is 3. The second-order valence-electron chi connectivity index (χ2n) is 10.2. The summed E-state index contributed by atoms with van der Waals surface area (Å²) in [5.74, 6) is -8.09. The lowest BCUT2D eigenvalue weighted by Gasteiger charge is -2.33. The van der Waals surface area contributed by atoms with Crippen molar-refractivity contribution in [2.24, 2.45) is 5.92 Å². The van der Waals surface area contributed by atoms with Crippen LogP contribution in [0.3, 0.4) is 0 Å². The number of halogens is 6. The fourth-order valence-corrected chi connectivity index (χ4v) is 4.52. The smallest absolute Gasteiger partial charge is 0.346 e. The summed E-state index contributed by atoms with van der Waals surface area (Å²) < 4.78 is 81.1. The lowest BCUT2D eigenvalue weighted by molar-refractivity contribution is -0.139. The Balaban J connectivity index is 1.78. The van der Waals surface area contributed by atoms with Crippen molar-refractivity contribution in [3.05, 3.63) is 47.5 Å². The summed E-state index contributed by atoms with van der Waals surface area (Å²) in [5, 5.41) is 10.8. The van der Waals surface area contributed by atoms with Crippen molar-refractivity contribution < 1.29 is 40.7 Å². The van der Waals surface area contributed by atoms with E-state index in [2.05, 4.69) is 15.7 Å². The molecule has 1 aliphatic carbocycles. The summed E-state index contributed by atoms with van der Waals surface area (Å²) in [4.78, 5) is 38.4. The molecule has 0 radical (unpaired) electrons. The van der Waals surface area contributed by atoms with Gasteiger partial charge in [0.15, 0.2) is 0 Å². The topological polar surface area (TPSA) is 105 Å². The van der Waals surface area contributed by atoms with Gasteiger partial charge in [0.1, 0.15) is 24.1 Å². The normalized spacial score (nSPS) is 17.2. The van der Waals surface area contributed by atoms with Crippen molar-refractivity contribution in [1.29, 1.82) is 0 Å². The molecule has 0 saturated heterocycles. The molecule has 1 aliphatic rings. The third kappa shape index (κ3) is 7.98. The maximum Gasteiger partial charge on any atom is 0.405 e. The zero-order valence-corrected chi connectivity index (χ0v) is 22.1. The van der Waals surface area contributed by atoms with Gasteiger partial charge in [0.25, 0.3) is 5.91 Å². The van der Waals surface area contributed by atoms with Crippen LogP contribution in [0.2, 0.25) is 0 Å². The predicted octanol–water partition coefficient (Wildman–Crippen LogP) is 4.95. The van der Waals surface area contributed by atoms with E-state index in [0.717, 1.165) is 12.1 Å². The van der Waals surface area contributed by atoms with Gasteiger partial charge in [-0.3, -0.25) is 19.1 Å². The first-order valence-corrected chi connectivity index (χ1v) is 12.7. The van der Waals surface area contributed by atoms with Gasteiger partial charge in [0, 0.05) is 25.1 Å². The molecule has 1 saturated carbocycles. The molecule has 40 heavy (non-hydrogen) atoms. The summed E-state index contributed by atoms with van der Waals surface area (Å²) >= 11 is 0. The third-order valence-corrected chi connectivity index (χ3v) is 6.80. The quantitative estimate of drug-likeness (QED) is 0.368. The minimum absolute atomic E-state index is 0.0548. The van der Waals surface area contributed by atoms with Crippen molar-refractivity contribution in [2.75, 3.05) is 11.9 Å². The zero-order valence-electron chi connectivity index (χ0n) is 22.1. The van der Waals surface area contributed by atoms with Crippen molar-refractivity contribution in [1.82, 2.24) is 20.4 Å². The van der Waals surface area contributed by atoms with Crippen LogP contribution in [-0.2, 0) is 9.59 Å². The van der Waals surface area contributed by atoms with Gasteiger partial charge in [-0.1, -0.05) is 6.07 Å². The summed E-state index contributed by atoms with van der Waals surface area (Å²) in [6.07, 6.45) is -4.26. The fraction of sp³-hybridized carbons (Fsp3) is 0.538. The van der Waals surface area contributed by atoms with Crippen molar-refractivity contribution in [3.8, 4) is 0 Å². The molecule has 0 spiro atoms. The SMILES string of the molecule is CC(C)n1nccc1C(=O)N[C@H](C(=O)Nc1ccc([C@H](C)C(=O)NCC(F)(F)F)cc1F)C1CCC(F)(F)CC1. The number of nitrogens with zero attached hydrogens (tertiary/aromatic N) is 2. The molecule has 14 heteroatoms. The largest absolute Gasteiger partial charge is 0.405 e.